The van der Waals surface area contributed by atoms with Crippen LogP contribution in [0.3, 0.4) is 0 Å². The van der Waals surface area contributed by atoms with Crippen LogP contribution in [0.5, 0.6) is 0 Å². The molecule has 31 heavy (non-hydrogen) atoms. The van der Waals surface area contributed by atoms with Gasteiger partial charge in [0.2, 0.25) is 17.6 Å². The van der Waals surface area contributed by atoms with Gasteiger partial charge in [-0.1, -0.05) is 42.4 Å². The molecule has 0 spiro atoms. The van der Waals surface area contributed by atoms with Crippen LogP contribution in [0.1, 0.15) is 41.6 Å². The molecule has 0 aliphatic heterocycles. The van der Waals surface area contributed by atoms with Gasteiger partial charge in [0.25, 0.3) is 5.91 Å². The number of carbonyl (C=O) groups excluding carboxylic acids is 2. The van der Waals surface area contributed by atoms with E-state index in [0.29, 0.717) is 34.8 Å². The zero-order chi connectivity index (χ0) is 21.6. The molecule has 3 aromatic rings. The van der Waals surface area contributed by atoms with E-state index in [0.717, 1.165) is 24.8 Å². The maximum Gasteiger partial charge on any atom is 0.251 e. The van der Waals surface area contributed by atoms with E-state index in [9.17, 15) is 9.59 Å². The number of hydrogen-bond acceptors (Lipinski definition) is 6. The Hall–Kier alpha value is -3.13. The van der Waals surface area contributed by atoms with Gasteiger partial charge in [0.1, 0.15) is 0 Å². The monoisotopic (exact) mass is 436 g/mol. The first kappa shape index (κ1) is 21.1. The minimum atomic E-state index is -0.153. The molecule has 2 aromatic carbocycles. The molecule has 7 nitrogen and oxygen atoms in total. The molecule has 1 heterocycles. The molecular formula is C23H24N4O3S. The summed E-state index contributed by atoms with van der Waals surface area (Å²) in [6.07, 6.45) is 3.05. The van der Waals surface area contributed by atoms with E-state index in [2.05, 4.69) is 39.8 Å². The largest absolute Gasteiger partial charge is 0.349 e. The molecule has 1 aliphatic rings. The molecule has 0 unspecified atom stereocenters. The third-order valence-electron chi connectivity index (χ3n) is 4.87. The van der Waals surface area contributed by atoms with Gasteiger partial charge < -0.3 is 15.2 Å². The van der Waals surface area contributed by atoms with Gasteiger partial charge in [0.05, 0.1) is 11.5 Å². The Bertz CT molecular complexity index is 1060. The number of anilines is 1. The third kappa shape index (κ3) is 5.95. The number of hydrogen-bond donors (Lipinski definition) is 2. The van der Waals surface area contributed by atoms with Crippen molar-refractivity contribution in [2.45, 2.75) is 38.0 Å². The Morgan fingerprint density at radius 1 is 1.16 bits per heavy atom. The van der Waals surface area contributed by atoms with Gasteiger partial charge in [-0.3, -0.25) is 9.59 Å². The highest BCUT2D eigenvalue weighted by molar-refractivity contribution is 7.99. The zero-order valence-electron chi connectivity index (χ0n) is 17.3. The van der Waals surface area contributed by atoms with Crippen molar-refractivity contribution >= 4 is 29.3 Å². The Balaban J connectivity index is 1.25. The number of amides is 2. The van der Waals surface area contributed by atoms with E-state index >= 15 is 0 Å². The lowest BCUT2D eigenvalue weighted by Gasteiger charge is -2.07. The molecule has 1 fully saturated rings. The lowest BCUT2D eigenvalue weighted by atomic mass is 10.1. The number of benzene rings is 2. The lowest BCUT2D eigenvalue weighted by molar-refractivity contribution is -0.113. The van der Waals surface area contributed by atoms with E-state index in [1.54, 1.807) is 24.3 Å². The first-order chi connectivity index (χ1) is 15.1. The number of rotatable bonds is 9. The predicted molar refractivity (Wildman–Crippen MR) is 121 cm³/mol. The Morgan fingerprint density at radius 2 is 1.97 bits per heavy atom. The average Bonchev–Trinajstić information content (AvgIpc) is 3.48. The first-order valence-electron chi connectivity index (χ1n) is 10.3. The lowest BCUT2D eigenvalue weighted by Crippen LogP contribution is -2.25. The quantitative estimate of drug-likeness (QED) is 0.525. The van der Waals surface area contributed by atoms with Crippen molar-refractivity contribution in [2.24, 2.45) is 0 Å². The maximum absolute atomic E-state index is 12.3. The third-order valence-corrected chi connectivity index (χ3v) is 5.79. The summed E-state index contributed by atoms with van der Waals surface area (Å²) in [7, 11) is 0. The van der Waals surface area contributed by atoms with Gasteiger partial charge in [0.15, 0.2) is 0 Å². The minimum Gasteiger partial charge on any atom is -0.349 e. The van der Waals surface area contributed by atoms with Crippen molar-refractivity contribution < 1.29 is 14.1 Å². The van der Waals surface area contributed by atoms with Crippen molar-refractivity contribution in [3.8, 4) is 11.4 Å². The topological polar surface area (TPSA) is 97.1 Å². The molecule has 2 amide bonds. The second kappa shape index (κ2) is 9.78. The summed E-state index contributed by atoms with van der Waals surface area (Å²) in [6.45, 7) is 2.11. The van der Waals surface area contributed by atoms with Gasteiger partial charge in [-0.15, -0.1) is 11.8 Å². The van der Waals surface area contributed by atoms with Gasteiger partial charge in [-0.05, 0) is 43.0 Å². The number of carbonyl (C=O) groups is 2. The molecular weight excluding hydrogens is 412 g/mol. The number of thioether (sulfide) groups is 1. The number of aryl methyl sites for hydroxylation is 1. The summed E-state index contributed by atoms with van der Waals surface area (Å²) in [5.74, 6) is 1.44. The predicted octanol–water partition coefficient (Wildman–Crippen LogP) is 4.06. The molecule has 0 atom stereocenters. The Labute approximate surface area is 185 Å². The SMILES string of the molecule is CCc1ccc(-c2noc(CSCC(=O)Nc3cccc(C(=O)NC4CC4)c3)n2)cc1. The van der Waals surface area contributed by atoms with E-state index in [4.69, 9.17) is 4.52 Å². The van der Waals surface area contributed by atoms with Crippen molar-refractivity contribution in [2.75, 3.05) is 11.1 Å². The number of aromatic nitrogens is 2. The van der Waals surface area contributed by atoms with Crippen LogP contribution in [0.4, 0.5) is 5.69 Å². The van der Waals surface area contributed by atoms with Crippen LogP contribution in [0.25, 0.3) is 11.4 Å². The van der Waals surface area contributed by atoms with E-state index in [-0.39, 0.29) is 17.6 Å². The number of nitrogens with zero attached hydrogens (tertiary/aromatic N) is 2. The Morgan fingerprint density at radius 3 is 2.71 bits per heavy atom. The van der Waals surface area contributed by atoms with E-state index < -0.39 is 0 Å². The maximum atomic E-state index is 12.3. The molecule has 2 N–H and O–H groups in total. The van der Waals surface area contributed by atoms with Gasteiger partial charge >= 0.3 is 0 Å². The molecule has 0 saturated heterocycles. The van der Waals surface area contributed by atoms with E-state index in [1.165, 1.54) is 17.3 Å². The van der Waals surface area contributed by atoms with Gasteiger partial charge in [0, 0.05) is 22.9 Å². The minimum absolute atomic E-state index is 0.107. The summed E-state index contributed by atoms with van der Waals surface area (Å²) >= 11 is 1.39. The number of nitrogens with one attached hydrogen (secondary N) is 2. The molecule has 1 saturated carbocycles. The summed E-state index contributed by atoms with van der Waals surface area (Å²) in [4.78, 5) is 28.8. The van der Waals surface area contributed by atoms with Crippen LogP contribution in [-0.2, 0) is 17.0 Å². The highest BCUT2D eigenvalue weighted by Crippen LogP contribution is 2.21. The normalized spacial score (nSPS) is 13.1. The fourth-order valence-electron chi connectivity index (χ4n) is 2.98. The molecule has 0 radical (unpaired) electrons. The van der Waals surface area contributed by atoms with Crippen molar-refractivity contribution in [1.29, 1.82) is 0 Å². The van der Waals surface area contributed by atoms with Crippen molar-refractivity contribution in [1.82, 2.24) is 15.5 Å². The summed E-state index contributed by atoms with van der Waals surface area (Å²) in [6, 6.07) is 15.3. The zero-order valence-corrected chi connectivity index (χ0v) is 18.1. The second-order valence-electron chi connectivity index (χ2n) is 7.43. The van der Waals surface area contributed by atoms with Crippen molar-refractivity contribution in [3.63, 3.8) is 0 Å². The second-order valence-corrected chi connectivity index (χ2v) is 8.42. The van der Waals surface area contributed by atoms with Crippen LogP contribution < -0.4 is 10.6 Å². The Kier molecular flexibility index (Phi) is 6.66. The van der Waals surface area contributed by atoms with Crippen LogP contribution in [-0.4, -0.2) is 33.7 Å². The summed E-state index contributed by atoms with van der Waals surface area (Å²) in [5.41, 5.74) is 3.30. The molecule has 4 rings (SSSR count). The van der Waals surface area contributed by atoms with Crippen molar-refractivity contribution in [3.05, 3.63) is 65.5 Å². The fourth-order valence-corrected chi connectivity index (χ4v) is 3.63. The smallest absolute Gasteiger partial charge is 0.251 e. The average molecular weight is 437 g/mol. The molecule has 0 bridgehead atoms. The van der Waals surface area contributed by atoms with Gasteiger partial charge in [-0.2, -0.15) is 4.98 Å². The van der Waals surface area contributed by atoms with Gasteiger partial charge in [-0.25, -0.2) is 0 Å². The van der Waals surface area contributed by atoms with Crippen LogP contribution in [0, 0.1) is 0 Å². The highest BCUT2D eigenvalue weighted by atomic mass is 32.2. The van der Waals surface area contributed by atoms with Crippen LogP contribution >= 0.6 is 11.8 Å². The molecule has 8 heteroatoms. The van der Waals surface area contributed by atoms with Crippen LogP contribution in [0.15, 0.2) is 53.1 Å². The first-order valence-corrected chi connectivity index (χ1v) is 11.5. The summed E-state index contributed by atoms with van der Waals surface area (Å²) < 4.78 is 5.30. The van der Waals surface area contributed by atoms with E-state index in [1.807, 2.05) is 12.1 Å². The molecule has 160 valence electrons. The molecule has 1 aromatic heterocycles. The highest BCUT2D eigenvalue weighted by Gasteiger charge is 2.23. The fraction of sp³-hybridized carbons (Fsp3) is 0.304. The molecule has 1 aliphatic carbocycles. The standard InChI is InChI=1S/C23H24N4O3S/c1-2-15-6-8-16(9-7-15)22-26-21(30-27-22)14-31-13-20(28)24-19-5-3-4-17(12-19)23(29)25-18-10-11-18/h3-9,12,18H,2,10-11,13-14H2,1H3,(H,24,28)(H,25,29). The van der Waals surface area contributed by atoms with Crippen LogP contribution in [0.2, 0.25) is 0 Å². The summed E-state index contributed by atoms with van der Waals surface area (Å²) in [5, 5.41) is 9.79.